The van der Waals surface area contributed by atoms with Gasteiger partial charge in [-0.05, 0) is 43.9 Å². The fraction of sp³-hybridized carbons (Fsp3) is 0.579. The van der Waals surface area contributed by atoms with Crippen LogP contribution in [0.15, 0.2) is 28.8 Å². The van der Waals surface area contributed by atoms with Gasteiger partial charge in [-0.25, -0.2) is 0 Å². The molecular formula is C19H26N4O. The molecule has 0 radical (unpaired) electrons. The van der Waals surface area contributed by atoms with Crippen LogP contribution in [0.25, 0.3) is 0 Å². The summed E-state index contributed by atoms with van der Waals surface area (Å²) < 4.78 is 5.09. The van der Waals surface area contributed by atoms with E-state index in [4.69, 9.17) is 4.52 Å². The largest absolute Gasteiger partial charge is 0.340 e. The van der Waals surface area contributed by atoms with Gasteiger partial charge in [0.05, 0.1) is 6.54 Å². The van der Waals surface area contributed by atoms with Crippen LogP contribution in [0.2, 0.25) is 0 Å². The van der Waals surface area contributed by atoms with E-state index in [1.807, 2.05) is 6.92 Å². The molecule has 0 saturated carbocycles. The van der Waals surface area contributed by atoms with E-state index in [-0.39, 0.29) is 0 Å². The maximum Gasteiger partial charge on any atom is 0.223 e. The van der Waals surface area contributed by atoms with Gasteiger partial charge in [0.15, 0.2) is 5.82 Å². The van der Waals surface area contributed by atoms with Crippen molar-refractivity contribution in [1.29, 1.82) is 0 Å². The van der Waals surface area contributed by atoms with Crippen molar-refractivity contribution in [2.75, 3.05) is 20.1 Å². The van der Waals surface area contributed by atoms with Crippen molar-refractivity contribution in [2.45, 2.75) is 51.2 Å². The monoisotopic (exact) mass is 326 g/mol. The smallest absolute Gasteiger partial charge is 0.223 e. The molecule has 2 aliphatic rings. The molecule has 1 aliphatic carbocycles. The van der Waals surface area contributed by atoms with E-state index < -0.39 is 0 Å². The molecule has 1 aromatic heterocycles. The molecule has 2 aromatic rings. The molecule has 128 valence electrons. The summed E-state index contributed by atoms with van der Waals surface area (Å²) in [5.41, 5.74) is 3.11. The molecule has 0 amide bonds. The summed E-state index contributed by atoms with van der Waals surface area (Å²) in [5.74, 6) is 1.43. The van der Waals surface area contributed by atoms with Gasteiger partial charge in [0.2, 0.25) is 5.89 Å². The van der Waals surface area contributed by atoms with Crippen molar-refractivity contribution in [3.63, 3.8) is 0 Å². The van der Waals surface area contributed by atoms with Gasteiger partial charge < -0.3 is 4.52 Å². The van der Waals surface area contributed by atoms with Gasteiger partial charge in [-0.3, -0.25) is 9.80 Å². The quantitative estimate of drug-likeness (QED) is 0.864. The Morgan fingerprint density at radius 3 is 3.00 bits per heavy atom. The van der Waals surface area contributed by atoms with E-state index in [0.717, 1.165) is 18.9 Å². The number of aromatic nitrogens is 2. The van der Waals surface area contributed by atoms with Crippen LogP contribution in [0.3, 0.4) is 0 Å². The van der Waals surface area contributed by atoms with Crippen molar-refractivity contribution in [3.8, 4) is 0 Å². The van der Waals surface area contributed by atoms with Crippen LogP contribution in [0.1, 0.15) is 48.1 Å². The molecule has 24 heavy (non-hydrogen) atoms. The van der Waals surface area contributed by atoms with Gasteiger partial charge in [0.25, 0.3) is 0 Å². The third-order valence-corrected chi connectivity index (χ3v) is 5.56. The average Bonchev–Trinajstić information content (AvgIpc) is 3.23. The first kappa shape index (κ1) is 15.8. The molecule has 1 aromatic carbocycles. The number of aryl methyl sites for hydroxylation is 2. The summed E-state index contributed by atoms with van der Waals surface area (Å²) in [7, 11) is 2.18. The first-order chi connectivity index (χ1) is 11.7. The second kappa shape index (κ2) is 6.65. The highest BCUT2D eigenvalue weighted by atomic mass is 16.5. The second-order valence-electron chi connectivity index (χ2n) is 7.19. The summed E-state index contributed by atoms with van der Waals surface area (Å²) in [6.07, 6.45) is 5.05. The first-order valence-corrected chi connectivity index (χ1v) is 9.02. The molecule has 5 heteroatoms. The van der Waals surface area contributed by atoms with E-state index in [2.05, 4.69) is 51.3 Å². The first-order valence-electron chi connectivity index (χ1n) is 9.02. The van der Waals surface area contributed by atoms with Crippen LogP contribution >= 0.6 is 0 Å². The zero-order valence-electron chi connectivity index (χ0n) is 14.6. The van der Waals surface area contributed by atoms with Gasteiger partial charge in [0, 0.05) is 32.1 Å². The molecule has 0 unspecified atom stereocenters. The van der Waals surface area contributed by atoms with Crippen LogP contribution in [0, 0.1) is 6.92 Å². The number of nitrogens with zero attached hydrogens (tertiary/aromatic N) is 4. The normalized spacial score (nSPS) is 24.5. The number of hydrogen-bond donors (Lipinski definition) is 0. The lowest BCUT2D eigenvalue weighted by Gasteiger charge is -2.34. The van der Waals surface area contributed by atoms with Crippen molar-refractivity contribution >= 4 is 0 Å². The maximum atomic E-state index is 5.09. The van der Waals surface area contributed by atoms with Crippen LogP contribution in [0.5, 0.6) is 0 Å². The molecular weight excluding hydrogens is 300 g/mol. The Labute approximate surface area is 143 Å². The molecule has 4 rings (SSSR count). The third kappa shape index (κ3) is 3.10. The topological polar surface area (TPSA) is 45.4 Å². The van der Waals surface area contributed by atoms with Crippen LogP contribution in [-0.4, -0.2) is 46.1 Å². The summed E-state index contributed by atoms with van der Waals surface area (Å²) in [5, 5.41) is 4.02. The third-order valence-electron chi connectivity index (χ3n) is 5.56. The minimum absolute atomic E-state index is 0.567. The highest BCUT2D eigenvalue weighted by Crippen LogP contribution is 2.36. The zero-order valence-corrected chi connectivity index (χ0v) is 14.6. The van der Waals surface area contributed by atoms with E-state index in [1.54, 1.807) is 11.1 Å². The Balaban J connectivity index is 1.41. The standard InChI is InChI=1S/C19H26N4O/c1-14-20-19(21-24-14)13-22(2)16-10-11-23(12-16)18-9-5-7-15-6-3-4-8-17(15)18/h3-4,6,8,16,18H,5,7,9-13H2,1-2H3/t16-,18+/m1/s1. The summed E-state index contributed by atoms with van der Waals surface area (Å²) in [6.45, 7) is 4.91. The predicted octanol–water partition coefficient (Wildman–Crippen LogP) is 2.96. The lowest BCUT2D eigenvalue weighted by molar-refractivity contribution is 0.181. The summed E-state index contributed by atoms with van der Waals surface area (Å²) >= 11 is 0. The van der Waals surface area contributed by atoms with Crippen molar-refractivity contribution in [1.82, 2.24) is 19.9 Å². The number of likely N-dealkylation sites (tertiary alicyclic amines) is 1. The fourth-order valence-corrected chi connectivity index (χ4v) is 4.28. The van der Waals surface area contributed by atoms with Crippen molar-refractivity contribution in [3.05, 3.63) is 47.1 Å². The van der Waals surface area contributed by atoms with Crippen LogP contribution < -0.4 is 0 Å². The Bertz CT molecular complexity index is 698. The summed E-state index contributed by atoms with van der Waals surface area (Å²) in [4.78, 5) is 9.38. The molecule has 1 aliphatic heterocycles. The predicted molar refractivity (Wildman–Crippen MR) is 92.6 cm³/mol. The van der Waals surface area contributed by atoms with Crippen molar-refractivity contribution in [2.24, 2.45) is 0 Å². The lowest BCUT2D eigenvalue weighted by Crippen LogP contribution is -2.36. The molecule has 1 saturated heterocycles. The van der Waals surface area contributed by atoms with E-state index in [1.165, 1.54) is 32.2 Å². The molecule has 0 spiro atoms. The van der Waals surface area contributed by atoms with Crippen LogP contribution in [0.4, 0.5) is 0 Å². The van der Waals surface area contributed by atoms with Crippen molar-refractivity contribution < 1.29 is 4.52 Å². The van der Waals surface area contributed by atoms with E-state index in [0.29, 0.717) is 18.0 Å². The van der Waals surface area contributed by atoms with Gasteiger partial charge in [-0.2, -0.15) is 4.98 Å². The van der Waals surface area contributed by atoms with Gasteiger partial charge in [-0.15, -0.1) is 0 Å². The number of likely N-dealkylation sites (N-methyl/N-ethyl adjacent to an activating group) is 1. The van der Waals surface area contributed by atoms with Crippen LogP contribution in [-0.2, 0) is 13.0 Å². The van der Waals surface area contributed by atoms with Gasteiger partial charge in [0.1, 0.15) is 0 Å². The van der Waals surface area contributed by atoms with E-state index in [9.17, 15) is 0 Å². The Hall–Kier alpha value is -1.72. The lowest BCUT2D eigenvalue weighted by atomic mass is 9.87. The Morgan fingerprint density at radius 1 is 1.29 bits per heavy atom. The molecule has 2 atom stereocenters. The fourth-order valence-electron chi connectivity index (χ4n) is 4.28. The molecule has 1 fully saturated rings. The average molecular weight is 326 g/mol. The molecule has 5 nitrogen and oxygen atoms in total. The highest BCUT2D eigenvalue weighted by molar-refractivity contribution is 5.32. The molecule has 0 N–H and O–H groups in total. The minimum Gasteiger partial charge on any atom is -0.340 e. The number of fused-ring (bicyclic) bond motifs is 1. The summed E-state index contributed by atoms with van der Waals surface area (Å²) in [6, 6.07) is 10.2. The second-order valence-corrected chi connectivity index (χ2v) is 7.19. The number of benzene rings is 1. The van der Waals surface area contributed by atoms with E-state index >= 15 is 0 Å². The Kier molecular flexibility index (Phi) is 4.37. The van der Waals surface area contributed by atoms with Gasteiger partial charge in [-0.1, -0.05) is 29.4 Å². The minimum atomic E-state index is 0.567. The molecule has 0 bridgehead atoms. The Morgan fingerprint density at radius 2 is 2.17 bits per heavy atom. The SMILES string of the molecule is Cc1nc(CN(C)[C@@H]2CCN([C@H]3CCCc4ccccc43)C2)no1. The van der Waals surface area contributed by atoms with Gasteiger partial charge >= 0.3 is 0 Å². The highest BCUT2D eigenvalue weighted by Gasteiger charge is 2.33. The zero-order chi connectivity index (χ0) is 16.5. The number of rotatable bonds is 4. The molecule has 2 heterocycles. The number of hydrogen-bond acceptors (Lipinski definition) is 5. The maximum absolute atomic E-state index is 5.09.